The Bertz CT molecular complexity index is 391. The van der Waals surface area contributed by atoms with Gasteiger partial charge in [0.25, 0.3) is 5.91 Å². The van der Waals surface area contributed by atoms with Crippen LogP contribution in [0.5, 0.6) is 0 Å². The molecule has 0 fully saturated rings. The summed E-state index contributed by atoms with van der Waals surface area (Å²) < 4.78 is 0. The summed E-state index contributed by atoms with van der Waals surface area (Å²) in [5.41, 5.74) is 1.44. The Morgan fingerprint density at radius 3 is 2.59 bits per heavy atom. The molecule has 0 saturated carbocycles. The van der Waals surface area contributed by atoms with Gasteiger partial charge in [0, 0.05) is 10.5 Å². The third kappa shape index (κ3) is 3.73. The number of carbonyl (C=O) groups is 1. The lowest BCUT2D eigenvalue weighted by Crippen LogP contribution is -2.40. The maximum atomic E-state index is 11.9. The number of carbonyl (C=O) groups excluding carboxylic acids is 1. The van der Waals surface area contributed by atoms with Crippen molar-refractivity contribution < 1.29 is 15.0 Å². The van der Waals surface area contributed by atoms with Gasteiger partial charge in [0.05, 0.1) is 19.3 Å². The molecule has 0 bridgehead atoms. The molecular formula is C12H17NO3S. The molecule has 0 heterocycles. The zero-order valence-corrected chi connectivity index (χ0v) is 10.8. The molecule has 0 spiro atoms. The SMILES string of the molecule is CSc1ccc(C)c(C(=O)NC(CO)CO)c1. The maximum Gasteiger partial charge on any atom is 0.251 e. The first-order chi connectivity index (χ1) is 8.12. The van der Waals surface area contributed by atoms with Crippen LogP contribution in [0.2, 0.25) is 0 Å². The summed E-state index contributed by atoms with van der Waals surface area (Å²) in [6, 6.07) is 5.03. The first kappa shape index (κ1) is 14.0. The molecule has 0 aliphatic rings. The predicted octanol–water partition coefficient (Wildman–Crippen LogP) is 0.800. The van der Waals surface area contributed by atoms with Crippen molar-refractivity contribution in [3.63, 3.8) is 0 Å². The van der Waals surface area contributed by atoms with Gasteiger partial charge in [0.2, 0.25) is 0 Å². The summed E-state index contributed by atoms with van der Waals surface area (Å²) in [4.78, 5) is 12.9. The van der Waals surface area contributed by atoms with Gasteiger partial charge >= 0.3 is 0 Å². The first-order valence-electron chi connectivity index (χ1n) is 5.29. The van der Waals surface area contributed by atoms with Gasteiger partial charge in [0.15, 0.2) is 0 Å². The van der Waals surface area contributed by atoms with Gasteiger partial charge in [-0.2, -0.15) is 0 Å². The molecule has 94 valence electrons. The quantitative estimate of drug-likeness (QED) is 0.681. The van der Waals surface area contributed by atoms with E-state index in [1.165, 1.54) is 0 Å². The van der Waals surface area contributed by atoms with Crippen LogP contribution in [0.3, 0.4) is 0 Å². The predicted molar refractivity (Wildman–Crippen MR) is 68.4 cm³/mol. The fourth-order valence-corrected chi connectivity index (χ4v) is 1.82. The number of amides is 1. The molecule has 0 saturated heterocycles. The molecule has 4 nitrogen and oxygen atoms in total. The molecule has 0 atom stereocenters. The Morgan fingerprint density at radius 1 is 1.41 bits per heavy atom. The van der Waals surface area contributed by atoms with E-state index in [2.05, 4.69) is 5.32 Å². The third-order valence-electron chi connectivity index (χ3n) is 2.47. The van der Waals surface area contributed by atoms with Crippen molar-refractivity contribution in [2.45, 2.75) is 17.9 Å². The zero-order chi connectivity index (χ0) is 12.8. The van der Waals surface area contributed by atoms with Crippen molar-refractivity contribution in [3.8, 4) is 0 Å². The van der Waals surface area contributed by atoms with Crippen LogP contribution in [0, 0.1) is 6.92 Å². The van der Waals surface area contributed by atoms with Gasteiger partial charge in [-0.25, -0.2) is 0 Å². The van der Waals surface area contributed by atoms with Gasteiger partial charge in [-0.15, -0.1) is 11.8 Å². The second-order valence-electron chi connectivity index (χ2n) is 3.72. The highest BCUT2D eigenvalue weighted by Gasteiger charge is 2.14. The average molecular weight is 255 g/mol. The summed E-state index contributed by atoms with van der Waals surface area (Å²) in [6.45, 7) is 1.30. The highest BCUT2D eigenvalue weighted by molar-refractivity contribution is 7.98. The van der Waals surface area contributed by atoms with Crippen molar-refractivity contribution in [3.05, 3.63) is 29.3 Å². The second kappa shape index (κ2) is 6.64. The van der Waals surface area contributed by atoms with E-state index in [-0.39, 0.29) is 19.1 Å². The Labute approximate surface area is 105 Å². The van der Waals surface area contributed by atoms with E-state index in [9.17, 15) is 4.79 Å². The van der Waals surface area contributed by atoms with E-state index < -0.39 is 6.04 Å². The zero-order valence-electron chi connectivity index (χ0n) is 9.93. The molecule has 0 radical (unpaired) electrons. The van der Waals surface area contributed by atoms with E-state index >= 15 is 0 Å². The largest absolute Gasteiger partial charge is 0.394 e. The van der Waals surface area contributed by atoms with Crippen molar-refractivity contribution >= 4 is 17.7 Å². The monoisotopic (exact) mass is 255 g/mol. The third-order valence-corrected chi connectivity index (χ3v) is 3.19. The number of aryl methyl sites for hydroxylation is 1. The highest BCUT2D eigenvalue weighted by atomic mass is 32.2. The van der Waals surface area contributed by atoms with Crippen molar-refractivity contribution in [1.82, 2.24) is 5.32 Å². The first-order valence-corrected chi connectivity index (χ1v) is 6.52. The number of thioether (sulfide) groups is 1. The number of hydrogen-bond acceptors (Lipinski definition) is 4. The maximum absolute atomic E-state index is 11.9. The fourth-order valence-electron chi connectivity index (χ4n) is 1.38. The van der Waals surface area contributed by atoms with Crippen LogP contribution in [0.25, 0.3) is 0 Å². The molecule has 1 rings (SSSR count). The summed E-state index contributed by atoms with van der Waals surface area (Å²) in [5, 5.41) is 20.4. The molecule has 0 aromatic heterocycles. The van der Waals surface area contributed by atoms with E-state index in [1.807, 2.05) is 25.3 Å². The molecule has 1 aromatic rings. The second-order valence-corrected chi connectivity index (χ2v) is 4.60. The lowest BCUT2D eigenvalue weighted by Gasteiger charge is -2.14. The summed E-state index contributed by atoms with van der Waals surface area (Å²) in [6.07, 6.45) is 1.94. The Kier molecular flexibility index (Phi) is 5.47. The molecule has 3 N–H and O–H groups in total. The minimum atomic E-state index is -0.611. The van der Waals surface area contributed by atoms with Crippen LogP contribution in [0.4, 0.5) is 0 Å². The molecule has 1 amide bonds. The Morgan fingerprint density at radius 2 is 2.06 bits per heavy atom. The molecular weight excluding hydrogens is 238 g/mol. The van der Waals surface area contributed by atoms with Crippen molar-refractivity contribution in [1.29, 1.82) is 0 Å². The summed E-state index contributed by atoms with van der Waals surface area (Å²) in [5.74, 6) is -0.272. The fraction of sp³-hybridized carbons (Fsp3) is 0.417. The minimum absolute atomic E-state index is 0.272. The minimum Gasteiger partial charge on any atom is -0.394 e. The standard InChI is InChI=1S/C12H17NO3S/c1-8-3-4-10(17-2)5-11(8)12(16)13-9(6-14)7-15/h3-5,9,14-15H,6-7H2,1-2H3,(H,13,16). The van der Waals surface area contributed by atoms with Crippen LogP contribution >= 0.6 is 11.8 Å². The highest BCUT2D eigenvalue weighted by Crippen LogP contribution is 2.19. The molecule has 17 heavy (non-hydrogen) atoms. The van der Waals surface area contributed by atoms with Crippen LogP contribution in [0.15, 0.2) is 23.1 Å². The van der Waals surface area contributed by atoms with Gasteiger partial charge < -0.3 is 15.5 Å². The number of rotatable bonds is 5. The molecule has 5 heteroatoms. The van der Waals surface area contributed by atoms with E-state index in [4.69, 9.17) is 10.2 Å². The van der Waals surface area contributed by atoms with Crippen LogP contribution < -0.4 is 5.32 Å². The van der Waals surface area contributed by atoms with E-state index in [0.717, 1.165) is 10.5 Å². The Hall–Kier alpha value is -1.04. The van der Waals surface area contributed by atoms with Crippen LogP contribution in [0.1, 0.15) is 15.9 Å². The molecule has 0 unspecified atom stereocenters. The van der Waals surface area contributed by atoms with Crippen LogP contribution in [-0.2, 0) is 0 Å². The van der Waals surface area contributed by atoms with Gasteiger partial charge in [0.1, 0.15) is 0 Å². The van der Waals surface area contributed by atoms with Gasteiger partial charge in [-0.1, -0.05) is 6.07 Å². The normalized spacial score (nSPS) is 10.6. The lowest BCUT2D eigenvalue weighted by atomic mass is 10.1. The summed E-state index contributed by atoms with van der Waals surface area (Å²) >= 11 is 1.56. The number of nitrogens with one attached hydrogen (secondary N) is 1. The van der Waals surface area contributed by atoms with E-state index in [1.54, 1.807) is 17.8 Å². The topological polar surface area (TPSA) is 69.6 Å². The number of hydrogen-bond donors (Lipinski definition) is 3. The van der Waals surface area contributed by atoms with Gasteiger partial charge in [-0.3, -0.25) is 4.79 Å². The molecule has 0 aliphatic carbocycles. The van der Waals surface area contributed by atoms with Crippen molar-refractivity contribution in [2.75, 3.05) is 19.5 Å². The van der Waals surface area contributed by atoms with Gasteiger partial charge in [-0.05, 0) is 30.9 Å². The molecule has 1 aromatic carbocycles. The lowest BCUT2D eigenvalue weighted by molar-refractivity contribution is 0.0878. The summed E-state index contributed by atoms with van der Waals surface area (Å²) in [7, 11) is 0. The van der Waals surface area contributed by atoms with Crippen molar-refractivity contribution in [2.24, 2.45) is 0 Å². The molecule has 0 aliphatic heterocycles. The van der Waals surface area contributed by atoms with E-state index in [0.29, 0.717) is 5.56 Å². The number of benzene rings is 1. The van der Waals surface area contributed by atoms with Crippen LogP contribution in [-0.4, -0.2) is 41.6 Å². The average Bonchev–Trinajstić information content (AvgIpc) is 2.36. The Balaban J connectivity index is 2.87. The smallest absolute Gasteiger partial charge is 0.251 e. The number of aliphatic hydroxyl groups excluding tert-OH is 2. The number of aliphatic hydroxyl groups is 2.